The maximum absolute atomic E-state index is 10.9. The van der Waals surface area contributed by atoms with Gasteiger partial charge in [-0.15, -0.1) is 11.8 Å². The fourth-order valence-corrected chi connectivity index (χ4v) is 2.18. The van der Waals surface area contributed by atoms with E-state index in [0.717, 1.165) is 10.6 Å². The quantitative estimate of drug-likeness (QED) is 0.733. The molecule has 2 amide bonds. The molecule has 6 heteroatoms. The van der Waals surface area contributed by atoms with Crippen LogP contribution >= 0.6 is 11.8 Å². The van der Waals surface area contributed by atoms with E-state index < -0.39 is 0 Å². The molecule has 2 aliphatic rings. The summed E-state index contributed by atoms with van der Waals surface area (Å²) in [5.74, 6) is 0.630. The smallest absolute Gasteiger partial charge is 0.407 e. The molecule has 1 aromatic rings. The minimum Gasteiger partial charge on any atom is -0.448 e. The van der Waals surface area contributed by atoms with Crippen LogP contribution in [-0.2, 0) is 9.53 Å². The zero-order valence-corrected chi connectivity index (χ0v) is 9.88. The van der Waals surface area contributed by atoms with E-state index in [0.29, 0.717) is 18.9 Å². The molecule has 2 heterocycles. The molecule has 5 nitrogen and oxygen atoms in total. The van der Waals surface area contributed by atoms with Crippen LogP contribution in [0.4, 0.5) is 10.5 Å². The number of ether oxygens (including phenoxy) is 1. The Bertz CT molecular complexity index is 428. The van der Waals surface area contributed by atoms with Crippen molar-refractivity contribution in [2.45, 2.75) is 4.90 Å². The van der Waals surface area contributed by atoms with E-state index >= 15 is 0 Å². The lowest BCUT2D eigenvalue weighted by molar-refractivity contribution is -0.113. The molecule has 0 radical (unpaired) electrons. The average molecular weight is 252 g/mol. The molecule has 1 fully saturated rings. The van der Waals surface area contributed by atoms with Gasteiger partial charge in [0.2, 0.25) is 5.91 Å². The molecule has 3 rings (SSSR count). The summed E-state index contributed by atoms with van der Waals surface area (Å²) in [4.78, 5) is 22.0. The van der Waals surface area contributed by atoms with Gasteiger partial charge < -0.3 is 15.4 Å². The van der Waals surface area contributed by atoms with Crippen LogP contribution in [0.2, 0.25) is 0 Å². The Balaban J connectivity index is 0.000000153. The predicted octanol–water partition coefficient (Wildman–Crippen LogP) is 1.46. The summed E-state index contributed by atoms with van der Waals surface area (Å²) in [5, 5.41) is 5.26. The highest BCUT2D eigenvalue weighted by atomic mass is 32.2. The van der Waals surface area contributed by atoms with Gasteiger partial charge in [-0.25, -0.2) is 4.79 Å². The first-order valence-electron chi connectivity index (χ1n) is 5.18. The summed E-state index contributed by atoms with van der Waals surface area (Å²) < 4.78 is 4.40. The van der Waals surface area contributed by atoms with Crippen molar-refractivity contribution in [3.05, 3.63) is 24.3 Å². The van der Waals surface area contributed by atoms with Gasteiger partial charge in [-0.05, 0) is 12.1 Å². The Hall–Kier alpha value is -1.69. The second kappa shape index (κ2) is 5.58. The van der Waals surface area contributed by atoms with Crippen LogP contribution in [0.1, 0.15) is 0 Å². The lowest BCUT2D eigenvalue weighted by Crippen LogP contribution is -2.18. The molecule has 2 N–H and O–H groups in total. The van der Waals surface area contributed by atoms with E-state index in [-0.39, 0.29) is 12.0 Å². The average Bonchev–Trinajstić information content (AvgIpc) is 2.81. The van der Waals surface area contributed by atoms with Gasteiger partial charge in [-0.1, -0.05) is 12.1 Å². The van der Waals surface area contributed by atoms with Crippen LogP contribution in [0, 0.1) is 0 Å². The van der Waals surface area contributed by atoms with E-state index in [1.165, 1.54) is 0 Å². The molecule has 1 aromatic carbocycles. The fourth-order valence-electron chi connectivity index (χ4n) is 1.37. The highest BCUT2D eigenvalue weighted by molar-refractivity contribution is 8.00. The largest absolute Gasteiger partial charge is 0.448 e. The Kier molecular flexibility index (Phi) is 3.87. The van der Waals surface area contributed by atoms with Crippen LogP contribution < -0.4 is 10.6 Å². The minimum atomic E-state index is -0.296. The Morgan fingerprint density at radius 1 is 1.24 bits per heavy atom. The zero-order chi connectivity index (χ0) is 12.1. The number of rotatable bonds is 0. The van der Waals surface area contributed by atoms with Crippen molar-refractivity contribution in [2.75, 3.05) is 24.2 Å². The molecule has 0 unspecified atom stereocenters. The van der Waals surface area contributed by atoms with Crippen molar-refractivity contribution in [3.8, 4) is 0 Å². The van der Waals surface area contributed by atoms with Crippen LogP contribution in [0.3, 0.4) is 0 Å². The van der Waals surface area contributed by atoms with Crippen molar-refractivity contribution >= 4 is 29.4 Å². The number of cyclic esters (lactones) is 1. The number of benzene rings is 1. The number of carbonyl (C=O) groups is 2. The van der Waals surface area contributed by atoms with Gasteiger partial charge in [0, 0.05) is 4.90 Å². The standard InChI is InChI=1S/C8H7NOS.C3H5NO2/c10-8-5-11-7-4-2-1-3-6(7)9-8;5-3-4-1-2-6-3/h1-4H,5H2,(H,9,10);1-2H2,(H,4,5). The lowest BCUT2D eigenvalue weighted by atomic mass is 10.3. The number of para-hydroxylation sites is 1. The molecule has 0 saturated carbocycles. The normalized spacial score (nSPS) is 16.9. The highest BCUT2D eigenvalue weighted by Crippen LogP contribution is 2.30. The number of thioether (sulfide) groups is 1. The minimum absolute atomic E-state index is 0.0914. The van der Waals surface area contributed by atoms with E-state index in [4.69, 9.17) is 0 Å². The Morgan fingerprint density at radius 3 is 2.71 bits per heavy atom. The van der Waals surface area contributed by atoms with Gasteiger partial charge >= 0.3 is 6.09 Å². The van der Waals surface area contributed by atoms with Gasteiger partial charge in [0.1, 0.15) is 6.61 Å². The van der Waals surface area contributed by atoms with Crippen molar-refractivity contribution in [2.24, 2.45) is 0 Å². The topological polar surface area (TPSA) is 67.4 Å². The number of carbonyl (C=O) groups excluding carboxylic acids is 2. The van der Waals surface area contributed by atoms with Gasteiger partial charge in [-0.3, -0.25) is 4.79 Å². The van der Waals surface area contributed by atoms with E-state index in [1.807, 2.05) is 24.3 Å². The van der Waals surface area contributed by atoms with Gasteiger partial charge in [0.25, 0.3) is 0 Å². The molecule has 1 saturated heterocycles. The van der Waals surface area contributed by atoms with Crippen LogP contribution in [0.5, 0.6) is 0 Å². The summed E-state index contributed by atoms with van der Waals surface area (Å²) >= 11 is 1.58. The number of alkyl carbamates (subject to hydrolysis) is 1. The Morgan fingerprint density at radius 2 is 2.06 bits per heavy atom. The van der Waals surface area contributed by atoms with Crippen molar-refractivity contribution in [1.82, 2.24) is 5.32 Å². The van der Waals surface area contributed by atoms with Crippen LogP contribution in [-0.4, -0.2) is 30.9 Å². The summed E-state index contributed by atoms with van der Waals surface area (Å²) in [5.41, 5.74) is 0.939. The summed E-state index contributed by atoms with van der Waals surface area (Å²) in [7, 11) is 0. The third-order valence-corrected chi connectivity index (χ3v) is 3.20. The SMILES string of the molecule is O=C1CSc2ccccc2N1.O=C1NCCO1. The first kappa shape index (κ1) is 11.8. The van der Waals surface area contributed by atoms with Gasteiger partial charge in [-0.2, -0.15) is 0 Å². The third-order valence-electron chi connectivity index (χ3n) is 2.12. The summed E-state index contributed by atoms with van der Waals surface area (Å²) in [6.45, 7) is 1.19. The highest BCUT2D eigenvalue weighted by Gasteiger charge is 2.13. The zero-order valence-electron chi connectivity index (χ0n) is 9.06. The second-order valence-corrected chi connectivity index (χ2v) is 4.41. The number of hydrogen-bond acceptors (Lipinski definition) is 4. The monoisotopic (exact) mass is 252 g/mol. The van der Waals surface area contributed by atoms with Gasteiger partial charge in [0.05, 0.1) is 18.0 Å². The number of nitrogens with one attached hydrogen (secondary N) is 2. The molecule has 2 aliphatic heterocycles. The summed E-state index contributed by atoms with van der Waals surface area (Å²) in [6.07, 6.45) is -0.296. The van der Waals surface area contributed by atoms with E-state index in [2.05, 4.69) is 15.4 Å². The number of amides is 2. The van der Waals surface area contributed by atoms with Gasteiger partial charge in [0.15, 0.2) is 0 Å². The maximum Gasteiger partial charge on any atom is 0.407 e. The first-order chi connectivity index (χ1) is 8.25. The molecule has 17 heavy (non-hydrogen) atoms. The molecule has 90 valence electrons. The van der Waals surface area contributed by atoms with E-state index in [9.17, 15) is 9.59 Å². The van der Waals surface area contributed by atoms with Crippen LogP contribution in [0.15, 0.2) is 29.2 Å². The molecule has 0 aromatic heterocycles. The molecular weight excluding hydrogens is 240 g/mol. The molecule has 0 aliphatic carbocycles. The van der Waals surface area contributed by atoms with E-state index in [1.54, 1.807) is 11.8 Å². The lowest BCUT2D eigenvalue weighted by Gasteiger charge is -2.14. The van der Waals surface area contributed by atoms with Crippen molar-refractivity contribution in [1.29, 1.82) is 0 Å². The van der Waals surface area contributed by atoms with Crippen LogP contribution in [0.25, 0.3) is 0 Å². The first-order valence-corrected chi connectivity index (χ1v) is 6.16. The third kappa shape index (κ3) is 3.39. The number of anilines is 1. The molecule has 0 bridgehead atoms. The maximum atomic E-state index is 10.9. The molecule has 0 atom stereocenters. The fraction of sp³-hybridized carbons (Fsp3) is 0.273. The number of fused-ring (bicyclic) bond motifs is 1. The Labute approximate surface area is 103 Å². The summed E-state index contributed by atoms with van der Waals surface area (Å²) in [6, 6.07) is 7.83. The second-order valence-electron chi connectivity index (χ2n) is 3.40. The predicted molar refractivity (Wildman–Crippen MR) is 65.1 cm³/mol. The number of hydrogen-bond donors (Lipinski definition) is 2. The van der Waals surface area contributed by atoms with Crippen molar-refractivity contribution < 1.29 is 14.3 Å². The van der Waals surface area contributed by atoms with Crippen molar-refractivity contribution in [3.63, 3.8) is 0 Å². The molecular formula is C11H12N2O3S. The molecule has 0 spiro atoms.